The van der Waals surface area contributed by atoms with Crippen molar-refractivity contribution in [3.63, 3.8) is 0 Å². The summed E-state index contributed by atoms with van der Waals surface area (Å²) in [5, 5.41) is 0. The molecule has 0 amide bonds. The lowest BCUT2D eigenvalue weighted by atomic mass is 9.87. The van der Waals surface area contributed by atoms with Crippen LogP contribution in [0.5, 0.6) is 17.2 Å². The van der Waals surface area contributed by atoms with Gasteiger partial charge in [-0.15, -0.1) is 0 Å². The molecule has 3 aromatic rings. The lowest BCUT2D eigenvalue weighted by Crippen LogP contribution is -2.41. The van der Waals surface area contributed by atoms with E-state index in [0.717, 1.165) is 82.2 Å². The molecular formula is C52H80F2N2O3. The molecule has 1 aliphatic carbocycles. The van der Waals surface area contributed by atoms with Gasteiger partial charge in [-0.1, -0.05) is 105 Å². The van der Waals surface area contributed by atoms with Crippen molar-refractivity contribution in [1.82, 2.24) is 9.80 Å². The molecule has 0 spiro atoms. The van der Waals surface area contributed by atoms with Gasteiger partial charge in [0.25, 0.3) is 0 Å². The van der Waals surface area contributed by atoms with Gasteiger partial charge in [0.05, 0.1) is 19.5 Å². The van der Waals surface area contributed by atoms with Gasteiger partial charge >= 0.3 is 0 Å². The number of halogens is 2. The van der Waals surface area contributed by atoms with Crippen LogP contribution in [0.4, 0.5) is 8.78 Å². The summed E-state index contributed by atoms with van der Waals surface area (Å²) in [7, 11) is 0. The molecule has 0 radical (unpaired) electrons. The van der Waals surface area contributed by atoms with Crippen molar-refractivity contribution in [2.45, 2.75) is 167 Å². The Balaban J connectivity index is 0.000000197. The molecule has 2 aliphatic heterocycles. The summed E-state index contributed by atoms with van der Waals surface area (Å²) in [5.41, 5.74) is 4.59. The first-order chi connectivity index (χ1) is 28.0. The van der Waals surface area contributed by atoms with Gasteiger partial charge in [0, 0.05) is 26.2 Å². The predicted molar refractivity (Wildman–Crippen MR) is 244 cm³/mol. The number of ether oxygens (including phenoxy) is 3. The highest BCUT2D eigenvalue weighted by molar-refractivity contribution is 5.33. The molecule has 5 nitrogen and oxygen atoms in total. The first kappa shape index (κ1) is 48.5. The quantitative estimate of drug-likeness (QED) is 0.182. The number of hydrogen-bond acceptors (Lipinski definition) is 5. The molecule has 2 atom stereocenters. The lowest BCUT2D eigenvalue weighted by Gasteiger charge is -2.32. The molecule has 6 rings (SSSR count). The molecular weight excluding hydrogens is 739 g/mol. The van der Waals surface area contributed by atoms with Crippen LogP contribution >= 0.6 is 0 Å². The molecule has 0 N–H and O–H groups in total. The fourth-order valence-electron chi connectivity index (χ4n) is 8.05. The number of alkyl halides is 2. The van der Waals surface area contributed by atoms with Gasteiger partial charge in [-0.25, -0.2) is 0 Å². The zero-order valence-electron chi connectivity index (χ0n) is 38.5. The molecule has 0 bridgehead atoms. The minimum absolute atomic E-state index is 0.173. The van der Waals surface area contributed by atoms with Crippen molar-refractivity contribution in [3.05, 3.63) is 89.5 Å². The maximum atomic E-state index is 12.3. The Morgan fingerprint density at radius 3 is 1.05 bits per heavy atom. The zero-order chi connectivity index (χ0) is 42.9. The second-order valence-electron chi connectivity index (χ2n) is 20.2. The second kappa shape index (κ2) is 23.7. The summed E-state index contributed by atoms with van der Waals surface area (Å²) in [6.07, 6.45) is 13.1. The van der Waals surface area contributed by atoms with Gasteiger partial charge in [0.15, 0.2) is 0 Å². The third-order valence-corrected chi connectivity index (χ3v) is 11.8. The van der Waals surface area contributed by atoms with Gasteiger partial charge in [-0.3, -0.25) is 18.6 Å². The second-order valence-corrected chi connectivity index (χ2v) is 20.2. The van der Waals surface area contributed by atoms with Gasteiger partial charge in [0.2, 0.25) is 0 Å². The number of benzene rings is 3. The van der Waals surface area contributed by atoms with E-state index in [1.165, 1.54) is 48.8 Å². The molecule has 59 heavy (non-hydrogen) atoms. The van der Waals surface area contributed by atoms with E-state index in [0.29, 0.717) is 18.9 Å². The van der Waals surface area contributed by atoms with Crippen LogP contribution in [0.15, 0.2) is 72.8 Å². The lowest BCUT2D eigenvalue weighted by molar-refractivity contribution is 0.0865. The summed E-state index contributed by atoms with van der Waals surface area (Å²) in [5.74, 6) is 2.92. The van der Waals surface area contributed by atoms with Crippen molar-refractivity contribution >= 4 is 0 Å². The van der Waals surface area contributed by atoms with Gasteiger partial charge in [-0.2, -0.15) is 0 Å². The van der Waals surface area contributed by atoms with Crippen molar-refractivity contribution < 1.29 is 23.0 Å². The topological polar surface area (TPSA) is 34.2 Å². The Bertz CT molecular complexity index is 1490. The summed E-state index contributed by atoms with van der Waals surface area (Å²) in [4.78, 5) is 4.63. The van der Waals surface area contributed by atoms with E-state index >= 15 is 0 Å². The minimum Gasteiger partial charge on any atom is -0.490 e. The van der Waals surface area contributed by atoms with Crippen LogP contribution in [0.2, 0.25) is 0 Å². The number of nitrogens with zero attached hydrogens (tertiary/aromatic N) is 2. The first-order valence-electron chi connectivity index (χ1n) is 22.9. The van der Waals surface area contributed by atoms with E-state index < -0.39 is 0 Å². The third-order valence-electron chi connectivity index (χ3n) is 11.8. The minimum atomic E-state index is -0.226. The molecule has 2 heterocycles. The Morgan fingerprint density at radius 1 is 0.441 bits per heavy atom. The molecule has 1 saturated carbocycles. The predicted octanol–water partition coefficient (Wildman–Crippen LogP) is 13.1. The third kappa shape index (κ3) is 17.8. The van der Waals surface area contributed by atoms with Crippen LogP contribution in [0.1, 0.15) is 150 Å². The van der Waals surface area contributed by atoms with Crippen LogP contribution in [-0.2, 0) is 16.2 Å². The molecule has 7 heteroatoms. The van der Waals surface area contributed by atoms with E-state index in [-0.39, 0.29) is 41.8 Å². The van der Waals surface area contributed by atoms with Crippen LogP contribution in [-0.4, -0.2) is 80.7 Å². The number of rotatable bonds is 12. The van der Waals surface area contributed by atoms with Crippen molar-refractivity contribution in [1.29, 1.82) is 0 Å². The fourth-order valence-corrected chi connectivity index (χ4v) is 8.05. The average Bonchev–Trinajstić information content (AvgIpc) is 3.20. The molecule has 330 valence electrons. The number of piperidine rings is 2. The molecule has 1 unspecified atom stereocenters. The van der Waals surface area contributed by atoms with Gasteiger partial charge in [0.1, 0.15) is 29.5 Å². The van der Waals surface area contributed by atoms with E-state index in [9.17, 15) is 8.78 Å². The van der Waals surface area contributed by atoms with E-state index in [2.05, 4.69) is 145 Å². The number of hydrogen-bond donors (Lipinski definition) is 0. The van der Waals surface area contributed by atoms with E-state index in [1.807, 2.05) is 0 Å². The fraction of sp³-hybridized carbons (Fsp3) is 0.654. The molecule has 2 saturated heterocycles. The highest BCUT2D eigenvalue weighted by Crippen LogP contribution is 2.29. The SMILES string of the molecule is CC(C)(C)c1ccc(OC2CCCCC2)cc1.CC(C)(C)c1ccc(OC2CCCN(CCCF)C2)cc1.CC(C)(C)c1ccc(O[C@H]2CCCN(CCCF)C2)cc1. The van der Waals surface area contributed by atoms with Gasteiger partial charge < -0.3 is 14.2 Å². The van der Waals surface area contributed by atoms with E-state index in [1.54, 1.807) is 0 Å². The van der Waals surface area contributed by atoms with Crippen molar-refractivity contribution in [2.75, 3.05) is 52.6 Å². The normalized spacial score (nSPS) is 19.8. The smallest absolute Gasteiger partial charge is 0.119 e. The molecule has 3 aliphatic rings. The van der Waals surface area contributed by atoms with Gasteiger partial charge in [-0.05, 0) is 147 Å². The standard InChI is InChI=1S/2C18H28FNO.C16H24O/c2*1-18(2,3)15-7-9-16(10-8-15)21-17-6-4-12-20(14-17)13-5-11-19;1-16(2,3)13-9-11-15(12-10-13)17-14-7-5-4-6-8-14/h2*7-10,17H,4-6,11-14H2,1-3H3;9-12,14H,4-8H2,1-3H3/t17-;;/m0../s1. The summed E-state index contributed by atoms with van der Waals surface area (Å²) < 4.78 is 42.8. The maximum absolute atomic E-state index is 12.3. The van der Waals surface area contributed by atoms with Crippen LogP contribution in [0, 0.1) is 0 Å². The van der Waals surface area contributed by atoms with Crippen LogP contribution in [0.3, 0.4) is 0 Å². The van der Waals surface area contributed by atoms with Crippen LogP contribution < -0.4 is 14.2 Å². The average molecular weight is 819 g/mol. The van der Waals surface area contributed by atoms with Crippen molar-refractivity contribution in [3.8, 4) is 17.2 Å². The Morgan fingerprint density at radius 2 is 0.746 bits per heavy atom. The summed E-state index contributed by atoms with van der Waals surface area (Å²) in [6, 6.07) is 25.5. The monoisotopic (exact) mass is 819 g/mol. The first-order valence-corrected chi connectivity index (χ1v) is 22.9. The highest BCUT2D eigenvalue weighted by Gasteiger charge is 2.23. The Hall–Kier alpha value is -3.16. The maximum Gasteiger partial charge on any atom is 0.119 e. The van der Waals surface area contributed by atoms with Crippen LogP contribution in [0.25, 0.3) is 0 Å². The molecule has 3 aromatic carbocycles. The van der Waals surface area contributed by atoms with E-state index in [4.69, 9.17) is 14.2 Å². The summed E-state index contributed by atoms with van der Waals surface area (Å²) >= 11 is 0. The van der Waals surface area contributed by atoms with Crippen molar-refractivity contribution in [2.24, 2.45) is 0 Å². The Labute approximate surface area is 358 Å². The molecule has 3 fully saturated rings. The zero-order valence-corrected chi connectivity index (χ0v) is 38.5. The highest BCUT2D eigenvalue weighted by atomic mass is 19.1. The number of likely N-dealkylation sites (tertiary alicyclic amines) is 2. The summed E-state index contributed by atoms with van der Waals surface area (Å²) in [6.45, 7) is 25.2. The molecule has 0 aromatic heterocycles. The largest absolute Gasteiger partial charge is 0.490 e. The Kier molecular flexibility index (Phi) is 19.5.